The number of carbonyl (C=O) groups is 2. The van der Waals surface area contributed by atoms with Gasteiger partial charge >= 0.3 is 0 Å². The number of fused-ring (bicyclic) bond motifs is 1. The molecule has 8 nitrogen and oxygen atoms in total. The van der Waals surface area contributed by atoms with Crippen LogP contribution in [0, 0.1) is 6.92 Å². The Bertz CT molecular complexity index is 769. The van der Waals surface area contributed by atoms with Crippen molar-refractivity contribution in [2.24, 2.45) is 0 Å². The van der Waals surface area contributed by atoms with Gasteiger partial charge in [0.05, 0.1) is 0 Å². The average Bonchev–Trinajstić information content (AvgIpc) is 2.90. The molecule has 2 aromatic rings. The largest absolute Gasteiger partial charge is 0.486 e. The van der Waals surface area contributed by atoms with E-state index in [4.69, 9.17) is 15.2 Å². The molecule has 1 aromatic heterocycles. The van der Waals surface area contributed by atoms with E-state index in [1.807, 2.05) is 0 Å². The van der Waals surface area contributed by atoms with E-state index < -0.39 is 0 Å². The third kappa shape index (κ3) is 3.15. The summed E-state index contributed by atoms with van der Waals surface area (Å²) in [6, 6.07) is 4.98. The zero-order chi connectivity index (χ0) is 16.4. The molecule has 0 spiro atoms. The summed E-state index contributed by atoms with van der Waals surface area (Å²) in [6.45, 7) is 2.53. The predicted molar refractivity (Wildman–Crippen MR) is 79.1 cm³/mol. The number of carbonyl (C=O) groups excluding carboxylic acids is 2. The van der Waals surface area contributed by atoms with Crippen LogP contribution in [0.1, 0.15) is 33.8 Å². The summed E-state index contributed by atoms with van der Waals surface area (Å²) in [5.74, 6) is 0.754. The Morgan fingerprint density at radius 2 is 1.96 bits per heavy atom. The lowest BCUT2D eigenvalue weighted by Gasteiger charge is -2.18. The van der Waals surface area contributed by atoms with Crippen LogP contribution in [0.2, 0.25) is 0 Å². The number of ether oxygens (including phenoxy) is 2. The molecule has 119 valence electrons. The summed E-state index contributed by atoms with van der Waals surface area (Å²) in [4.78, 5) is 28.0. The van der Waals surface area contributed by atoms with Gasteiger partial charge in [0.1, 0.15) is 19.0 Å². The quantitative estimate of drug-likeness (QED) is 0.793. The van der Waals surface area contributed by atoms with Crippen LogP contribution in [0.5, 0.6) is 11.5 Å². The number of hydrogen-bond acceptors (Lipinski definition) is 6. The Balaban J connectivity index is 1.65. The average molecular weight is 315 g/mol. The molecule has 3 rings (SSSR count). The second-order valence-electron chi connectivity index (χ2n) is 5.07. The zero-order valence-corrected chi connectivity index (χ0v) is 12.5. The molecule has 1 aromatic carbocycles. The molecule has 0 aliphatic carbocycles. The maximum Gasteiger partial charge on any atom is 0.261 e. The third-order valence-corrected chi connectivity index (χ3v) is 3.44. The lowest BCUT2D eigenvalue weighted by Crippen LogP contribution is -2.17. The van der Waals surface area contributed by atoms with Crippen LogP contribution in [0.15, 0.2) is 18.2 Å². The van der Waals surface area contributed by atoms with Crippen LogP contribution in [0.3, 0.4) is 0 Å². The van der Waals surface area contributed by atoms with Crippen LogP contribution < -0.4 is 15.2 Å². The van der Waals surface area contributed by atoms with Crippen molar-refractivity contribution in [2.45, 2.75) is 19.8 Å². The van der Waals surface area contributed by atoms with Crippen LogP contribution >= 0.6 is 0 Å². The van der Waals surface area contributed by atoms with E-state index in [0.717, 1.165) is 4.68 Å². The molecule has 0 unspecified atom stereocenters. The first-order valence-corrected chi connectivity index (χ1v) is 7.16. The molecule has 1 radical (unpaired) electrons. The number of hydrogen-bond donors (Lipinski definition) is 0. The van der Waals surface area contributed by atoms with Crippen LogP contribution in [0.4, 0.5) is 5.95 Å². The van der Waals surface area contributed by atoms with Crippen molar-refractivity contribution in [3.8, 4) is 11.5 Å². The second-order valence-corrected chi connectivity index (χ2v) is 5.07. The van der Waals surface area contributed by atoms with Gasteiger partial charge < -0.3 is 9.47 Å². The highest BCUT2D eigenvalue weighted by Gasteiger charge is 2.17. The smallest absolute Gasteiger partial charge is 0.261 e. The Kier molecular flexibility index (Phi) is 3.96. The minimum atomic E-state index is -0.362. The number of rotatable bonds is 4. The minimum absolute atomic E-state index is 0.00306. The van der Waals surface area contributed by atoms with E-state index in [0.29, 0.717) is 36.1 Å². The number of nitrogens with zero attached hydrogens (tertiary/aromatic N) is 3. The van der Waals surface area contributed by atoms with E-state index in [2.05, 4.69) is 10.1 Å². The highest BCUT2D eigenvalue weighted by Crippen LogP contribution is 2.31. The fourth-order valence-electron chi connectivity index (χ4n) is 2.31. The number of Topliss-reactive ketones (excluding diaryl/α,β-unsaturated/α-hetero) is 1. The van der Waals surface area contributed by atoms with Crippen LogP contribution in [-0.4, -0.2) is 39.7 Å². The van der Waals surface area contributed by atoms with Crippen molar-refractivity contribution in [2.75, 3.05) is 13.2 Å². The maximum atomic E-state index is 12.2. The maximum absolute atomic E-state index is 12.2. The van der Waals surface area contributed by atoms with Gasteiger partial charge in [-0.05, 0) is 25.1 Å². The number of benzene rings is 1. The Hall–Kier alpha value is -2.90. The number of nitrogens with one attached hydrogen (secondary N) is 1. The van der Waals surface area contributed by atoms with Gasteiger partial charge in [-0.2, -0.15) is 9.67 Å². The SMILES string of the molecule is Cc1nc([NH])nn1C(=O)CCC(=O)c1ccc2c(c1)OCCO2. The van der Waals surface area contributed by atoms with E-state index in [9.17, 15) is 9.59 Å². The first kappa shape index (κ1) is 15.0. The molecular formula is C15H15N4O4. The summed E-state index contributed by atoms with van der Waals surface area (Å²) in [7, 11) is 0. The van der Waals surface area contributed by atoms with E-state index >= 15 is 0 Å². The molecule has 1 aliphatic heterocycles. The van der Waals surface area contributed by atoms with E-state index in [1.54, 1.807) is 25.1 Å². The van der Waals surface area contributed by atoms with Gasteiger partial charge in [0, 0.05) is 18.4 Å². The second kappa shape index (κ2) is 6.07. The van der Waals surface area contributed by atoms with Crippen LogP contribution in [0.25, 0.3) is 0 Å². The van der Waals surface area contributed by atoms with Crippen molar-refractivity contribution in [3.05, 3.63) is 29.6 Å². The third-order valence-electron chi connectivity index (χ3n) is 3.44. The van der Waals surface area contributed by atoms with Crippen molar-refractivity contribution in [1.82, 2.24) is 20.5 Å². The first-order valence-electron chi connectivity index (χ1n) is 7.16. The summed E-state index contributed by atoms with van der Waals surface area (Å²) in [5, 5.41) is 3.69. The standard InChI is InChI=1S/C15H15N4O4/c1-9-17-15(16)18-19(9)14(21)5-3-11(20)10-2-4-12-13(8-10)23-7-6-22-12/h2,4,8,16H,3,5-7H2,1H3. The fourth-order valence-corrected chi connectivity index (χ4v) is 2.31. The molecule has 1 aliphatic rings. The van der Waals surface area contributed by atoms with Crippen molar-refractivity contribution in [1.29, 1.82) is 0 Å². The summed E-state index contributed by atoms with van der Waals surface area (Å²) in [6.07, 6.45) is 0.0437. The molecule has 0 saturated heterocycles. The van der Waals surface area contributed by atoms with E-state index in [1.165, 1.54) is 0 Å². The predicted octanol–water partition coefficient (Wildman–Crippen LogP) is 1.58. The van der Waals surface area contributed by atoms with Gasteiger partial charge in [-0.15, -0.1) is 5.10 Å². The highest BCUT2D eigenvalue weighted by atomic mass is 16.6. The van der Waals surface area contributed by atoms with Crippen LogP contribution in [-0.2, 0) is 0 Å². The lowest BCUT2D eigenvalue weighted by atomic mass is 10.1. The lowest BCUT2D eigenvalue weighted by molar-refractivity contribution is 0.0849. The van der Waals surface area contributed by atoms with Gasteiger partial charge in [0.15, 0.2) is 17.3 Å². The molecule has 0 atom stereocenters. The summed E-state index contributed by atoms with van der Waals surface area (Å²) < 4.78 is 11.9. The van der Waals surface area contributed by atoms with Gasteiger partial charge in [-0.1, -0.05) is 0 Å². The zero-order valence-electron chi connectivity index (χ0n) is 12.5. The molecule has 0 amide bonds. The molecule has 0 bridgehead atoms. The van der Waals surface area contributed by atoms with Gasteiger partial charge in [0.2, 0.25) is 5.91 Å². The summed E-state index contributed by atoms with van der Waals surface area (Å²) in [5.41, 5.74) is 7.77. The number of aryl methyl sites for hydroxylation is 1. The van der Waals surface area contributed by atoms with Crippen molar-refractivity contribution in [3.63, 3.8) is 0 Å². The highest BCUT2D eigenvalue weighted by molar-refractivity contribution is 5.98. The van der Waals surface area contributed by atoms with Gasteiger partial charge in [-0.25, -0.2) is 0 Å². The van der Waals surface area contributed by atoms with Gasteiger partial charge in [0.25, 0.3) is 5.95 Å². The Morgan fingerprint density at radius 3 is 2.65 bits per heavy atom. The minimum Gasteiger partial charge on any atom is -0.486 e. The van der Waals surface area contributed by atoms with Crippen molar-refractivity contribution >= 4 is 17.6 Å². The molecule has 2 heterocycles. The normalized spacial score (nSPS) is 12.9. The topological polar surface area (TPSA) is 107 Å². The summed E-state index contributed by atoms with van der Waals surface area (Å²) >= 11 is 0. The molecule has 8 heteroatoms. The van der Waals surface area contributed by atoms with Crippen molar-refractivity contribution < 1.29 is 19.1 Å². The Labute approximate surface area is 132 Å². The molecule has 0 fully saturated rings. The number of ketones is 1. The van der Waals surface area contributed by atoms with Gasteiger partial charge in [-0.3, -0.25) is 15.3 Å². The molecular weight excluding hydrogens is 300 g/mol. The molecule has 0 saturated carbocycles. The van der Waals surface area contributed by atoms with E-state index in [-0.39, 0.29) is 30.5 Å². The molecule has 1 N–H and O–H groups in total. The molecule has 23 heavy (non-hydrogen) atoms. The first-order chi connectivity index (χ1) is 11.0. The number of aromatic nitrogens is 3. The Morgan fingerprint density at radius 1 is 1.22 bits per heavy atom. The monoisotopic (exact) mass is 315 g/mol. The fraction of sp³-hybridized carbons (Fsp3) is 0.333.